The third-order valence-electron chi connectivity index (χ3n) is 2.60. The molecule has 0 aromatic heterocycles. The molecular formula is C14H13ClFN. The van der Waals surface area contributed by atoms with E-state index in [0.717, 1.165) is 16.7 Å². The number of nitrogens with one attached hydrogen (secondary N) is 1. The van der Waals surface area contributed by atoms with E-state index < -0.39 is 0 Å². The molecule has 0 saturated carbocycles. The standard InChI is InChI=1S/C14H13ClFN/c1-17-9-10-6-7-11(16)8-13(10)12-4-2-3-5-14(12)15/h2-8,17H,9H2,1H3. The van der Waals surface area contributed by atoms with Gasteiger partial charge < -0.3 is 5.32 Å². The first-order chi connectivity index (χ1) is 8.22. The van der Waals surface area contributed by atoms with Crippen molar-refractivity contribution >= 4 is 11.6 Å². The first-order valence-corrected chi connectivity index (χ1v) is 5.78. The van der Waals surface area contributed by atoms with Crippen LogP contribution in [0, 0.1) is 5.82 Å². The van der Waals surface area contributed by atoms with Gasteiger partial charge in [-0.1, -0.05) is 35.9 Å². The van der Waals surface area contributed by atoms with Crippen molar-refractivity contribution in [3.63, 3.8) is 0 Å². The summed E-state index contributed by atoms with van der Waals surface area (Å²) in [7, 11) is 1.86. The first-order valence-electron chi connectivity index (χ1n) is 5.40. The number of halogens is 2. The van der Waals surface area contributed by atoms with Crippen LogP contribution < -0.4 is 5.32 Å². The summed E-state index contributed by atoms with van der Waals surface area (Å²) >= 11 is 6.14. The molecule has 1 N–H and O–H groups in total. The van der Waals surface area contributed by atoms with Crippen LogP contribution in [0.5, 0.6) is 0 Å². The molecule has 3 heteroatoms. The van der Waals surface area contributed by atoms with Crippen molar-refractivity contribution in [2.75, 3.05) is 7.05 Å². The molecule has 0 saturated heterocycles. The molecule has 17 heavy (non-hydrogen) atoms. The Balaban J connectivity index is 2.57. The van der Waals surface area contributed by atoms with Crippen LogP contribution in [0.1, 0.15) is 5.56 Å². The summed E-state index contributed by atoms with van der Waals surface area (Å²) in [5, 5.41) is 3.70. The van der Waals surface area contributed by atoms with Crippen molar-refractivity contribution in [2.24, 2.45) is 0 Å². The van der Waals surface area contributed by atoms with Crippen LogP contribution in [0.15, 0.2) is 42.5 Å². The lowest BCUT2D eigenvalue weighted by molar-refractivity contribution is 0.627. The summed E-state index contributed by atoms with van der Waals surface area (Å²) in [5.41, 5.74) is 2.73. The highest BCUT2D eigenvalue weighted by atomic mass is 35.5. The fraction of sp³-hybridized carbons (Fsp3) is 0.143. The summed E-state index contributed by atoms with van der Waals surface area (Å²) in [4.78, 5) is 0. The number of rotatable bonds is 3. The molecule has 0 unspecified atom stereocenters. The predicted molar refractivity (Wildman–Crippen MR) is 69.6 cm³/mol. The zero-order valence-corrected chi connectivity index (χ0v) is 10.3. The summed E-state index contributed by atoms with van der Waals surface area (Å²) in [6.07, 6.45) is 0. The second-order valence-corrected chi connectivity index (χ2v) is 4.22. The molecule has 0 aliphatic carbocycles. The number of benzene rings is 2. The second kappa shape index (κ2) is 5.30. The molecule has 2 rings (SSSR count). The average molecular weight is 250 g/mol. The Bertz CT molecular complexity index is 525. The highest BCUT2D eigenvalue weighted by Crippen LogP contribution is 2.30. The normalized spacial score (nSPS) is 10.5. The van der Waals surface area contributed by atoms with E-state index in [0.29, 0.717) is 11.6 Å². The van der Waals surface area contributed by atoms with Gasteiger partial charge in [0.1, 0.15) is 5.82 Å². The van der Waals surface area contributed by atoms with Crippen molar-refractivity contribution in [3.8, 4) is 11.1 Å². The summed E-state index contributed by atoms with van der Waals surface area (Å²) in [5.74, 6) is -0.250. The molecule has 0 spiro atoms. The Hall–Kier alpha value is -1.38. The number of hydrogen-bond donors (Lipinski definition) is 1. The predicted octanol–water partition coefficient (Wildman–Crippen LogP) is 3.87. The summed E-state index contributed by atoms with van der Waals surface area (Å²) in [6.45, 7) is 0.681. The summed E-state index contributed by atoms with van der Waals surface area (Å²) in [6, 6.07) is 12.2. The van der Waals surface area contributed by atoms with Crippen molar-refractivity contribution in [1.82, 2.24) is 5.32 Å². The third-order valence-corrected chi connectivity index (χ3v) is 2.93. The van der Waals surface area contributed by atoms with Gasteiger partial charge in [0, 0.05) is 17.1 Å². The molecule has 0 heterocycles. The van der Waals surface area contributed by atoms with Crippen molar-refractivity contribution in [3.05, 3.63) is 58.9 Å². The van der Waals surface area contributed by atoms with Gasteiger partial charge in [0.2, 0.25) is 0 Å². The zero-order chi connectivity index (χ0) is 12.3. The van der Waals surface area contributed by atoms with Gasteiger partial charge >= 0.3 is 0 Å². The molecule has 0 radical (unpaired) electrons. The van der Waals surface area contributed by atoms with Gasteiger partial charge in [0.05, 0.1) is 0 Å². The Kier molecular flexibility index (Phi) is 3.77. The monoisotopic (exact) mass is 249 g/mol. The van der Waals surface area contributed by atoms with Gasteiger partial charge in [-0.15, -0.1) is 0 Å². The maximum atomic E-state index is 13.3. The highest BCUT2D eigenvalue weighted by Gasteiger charge is 2.08. The van der Waals surface area contributed by atoms with E-state index in [1.807, 2.05) is 31.3 Å². The van der Waals surface area contributed by atoms with Gasteiger partial charge in [-0.2, -0.15) is 0 Å². The Morgan fingerprint density at radius 3 is 2.59 bits per heavy atom. The van der Waals surface area contributed by atoms with Crippen LogP contribution >= 0.6 is 11.6 Å². The molecule has 2 aromatic rings. The fourth-order valence-corrected chi connectivity index (χ4v) is 2.06. The quantitative estimate of drug-likeness (QED) is 0.871. The SMILES string of the molecule is CNCc1ccc(F)cc1-c1ccccc1Cl. The van der Waals surface area contributed by atoms with Gasteiger partial charge in [-0.3, -0.25) is 0 Å². The lowest BCUT2D eigenvalue weighted by Gasteiger charge is -2.11. The van der Waals surface area contributed by atoms with Gasteiger partial charge in [-0.05, 0) is 36.4 Å². The van der Waals surface area contributed by atoms with Gasteiger partial charge in [0.15, 0.2) is 0 Å². The maximum Gasteiger partial charge on any atom is 0.123 e. The van der Waals surface area contributed by atoms with E-state index in [-0.39, 0.29) is 5.82 Å². The Labute approximate surface area is 105 Å². The van der Waals surface area contributed by atoms with Crippen LogP contribution in [0.3, 0.4) is 0 Å². The van der Waals surface area contributed by atoms with E-state index >= 15 is 0 Å². The van der Waals surface area contributed by atoms with Crippen LogP contribution in [0.2, 0.25) is 5.02 Å². The van der Waals surface area contributed by atoms with E-state index in [1.54, 1.807) is 6.07 Å². The van der Waals surface area contributed by atoms with Gasteiger partial charge in [0.25, 0.3) is 0 Å². The molecular weight excluding hydrogens is 237 g/mol. The second-order valence-electron chi connectivity index (χ2n) is 3.81. The lowest BCUT2D eigenvalue weighted by atomic mass is 9.99. The highest BCUT2D eigenvalue weighted by molar-refractivity contribution is 6.33. The zero-order valence-electron chi connectivity index (χ0n) is 9.50. The molecule has 0 aliphatic heterocycles. The molecule has 0 aliphatic rings. The van der Waals surface area contributed by atoms with Crippen LogP contribution in [0.4, 0.5) is 4.39 Å². The molecule has 0 bridgehead atoms. The minimum atomic E-state index is -0.250. The largest absolute Gasteiger partial charge is 0.316 e. The van der Waals surface area contributed by atoms with E-state index in [9.17, 15) is 4.39 Å². The fourth-order valence-electron chi connectivity index (χ4n) is 1.82. The minimum Gasteiger partial charge on any atom is -0.316 e. The van der Waals surface area contributed by atoms with Crippen LogP contribution in [0.25, 0.3) is 11.1 Å². The molecule has 0 fully saturated rings. The van der Waals surface area contributed by atoms with E-state index in [2.05, 4.69) is 5.32 Å². The molecule has 88 valence electrons. The molecule has 0 atom stereocenters. The molecule has 0 amide bonds. The Morgan fingerprint density at radius 2 is 1.88 bits per heavy atom. The van der Waals surface area contributed by atoms with Crippen LogP contribution in [-0.4, -0.2) is 7.05 Å². The first kappa shape index (κ1) is 12.1. The third kappa shape index (κ3) is 2.65. The van der Waals surface area contributed by atoms with Crippen LogP contribution in [-0.2, 0) is 6.54 Å². The maximum absolute atomic E-state index is 13.3. The molecule has 2 aromatic carbocycles. The topological polar surface area (TPSA) is 12.0 Å². The summed E-state index contributed by atoms with van der Waals surface area (Å²) < 4.78 is 13.3. The molecule has 1 nitrogen and oxygen atoms in total. The minimum absolute atomic E-state index is 0.250. The van der Waals surface area contributed by atoms with Crippen molar-refractivity contribution in [2.45, 2.75) is 6.54 Å². The van der Waals surface area contributed by atoms with Gasteiger partial charge in [-0.25, -0.2) is 4.39 Å². The smallest absolute Gasteiger partial charge is 0.123 e. The Morgan fingerprint density at radius 1 is 1.12 bits per heavy atom. The van der Waals surface area contributed by atoms with Crippen molar-refractivity contribution in [1.29, 1.82) is 0 Å². The average Bonchev–Trinajstić information content (AvgIpc) is 2.32. The number of hydrogen-bond acceptors (Lipinski definition) is 1. The van der Waals surface area contributed by atoms with E-state index in [1.165, 1.54) is 12.1 Å². The lowest BCUT2D eigenvalue weighted by Crippen LogP contribution is -2.06. The van der Waals surface area contributed by atoms with Crippen molar-refractivity contribution < 1.29 is 4.39 Å². The van der Waals surface area contributed by atoms with E-state index in [4.69, 9.17) is 11.6 Å².